The van der Waals surface area contributed by atoms with E-state index in [0.29, 0.717) is 12.3 Å². The first-order chi connectivity index (χ1) is 3.81. The Morgan fingerprint density at radius 1 is 1.88 bits per heavy atom. The van der Waals surface area contributed by atoms with Gasteiger partial charge in [-0.1, -0.05) is 13.0 Å². The van der Waals surface area contributed by atoms with Gasteiger partial charge in [0, 0.05) is 6.42 Å². The Bertz CT molecular complexity index is 99.4. The van der Waals surface area contributed by atoms with Gasteiger partial charge in [0.15, 0.2) is 0 Å². The van der Waals surface area contributed by atoms with Crippen LogP contribution >= 0.6 is 0 Å². The Hall–Kier alpha value is -0.770. The van der Waals surface area contributed by atoms with Crippen molar-refractivity contribution in [3.05, 3.63) is 12.7 Å². The highest BCUT2D eigenvalue weighted by Gasteiger charge is 1.94. The second-order valence-corrected chi connectivity index (χ2v) is 1.99. The molecule has 1 nitrogen and oxygen atoms in total. The van der Waals surface area contributed by atoms with Crippen molar-refractivity contribution in [2.45, 2.75) is 19.8 Å². The first kappa shape index (κ1) is 7.23. The molecule has 0 aromatic carbocycles. The van der Waals surface area contributed by atoms with Gasteiger partial charge in [0.2, 0.25) is 0 Å². The highest BCUT2D eigenvalue weighted by Crippen LogP contribution is 2.04. The summed E-state index contributed by atoms with van der Waals surface area (Å²) in [6.45, 7) is 5.62. The second kappa shape index (κ2) is 4.39. The highest BCUT2D eigenvalue weighted by molar-refractivity contribution is 4.78. The minimum absolute atomic E-state index is 0.484. The van der Waals surface area contributed by atoms with Gasteiger partial charge in [0.1, 0.15) is 0 Å². The molecule has 0 N–H and O–H groups in total. The van der Waals surface area contributed by atoms with E-state index in [2.05, 4.69) is 12.6 Å². The fourth-order valence-electron chi connectivity index (χ4n) is 0.524. The molecule has 0 aromatic rings. The molecule has 0 radical (unpaired) electrons. The molecule has 0 aliphatic carbocycles. The molecular formula is C7H11N. The smallest absolute Gasteiger partial charge is 0.0624 e. The lowest BCUT2D eigenvalue weighted by molar-refractivity contribution is 0.610. The lowest BCUT2D eigenvalue weighted by atomic mass is 10.1. The molecule has 0 bridgehead atoms. The normalized spacial score (nSPS) is 12.0. The molecule has 0 spiro atoms. The van der Waals surface area contributed by atoms with Crippen molar-refractivity contribution in [1.29, 1.82) is 5.26 Å². The summed E-state index contributed by atoms with van der Waals surface area (Å²) in [5.41, 5.74) is 0. The van der Waals surface area contributed by atoms with Crippen LogP contribution in [0.3, 0.4) is 0 Å². The molecule has 0 rings (SSSR count). The van der Waals surface area contributed by atoms with Crippen molar-refractivity contribution < 1.29 is 0 Å². The number of hydrogen-bond acceptors (Lipinski definition) is 1. The summed E-state index contributed by atoms with van der Waals surface area (Å²) in [7, 11) is 0. The van der Waals surface area contributed by atoms with E-state index >= 15 is 0 Å². The summed E-state index contributed by atoms with van der Waals surface area (Å²) in [4.78, 5) is 0. The fourth-order valence-corrected chi connectivity index (χ4v) is 0.524. The predicted octanol–water partition coefficient (Wildman–Crippen LogP) is 2.11. The first-order valence-corrected chi connectivity index (χ1v) is 2.79. The van der Waals surface area contributed by atoms with Crippen molar-refractivity contribution in [2.75, 3.05) is 0 Å². The molecular weight excluding hydrogens is 98.1 g/mol. The van der Waals surface area contributed by atoms with Gasteiger partial charge in [-0.15, -0.1) is 6.58 Å². The largest absolute Gasteiger partial charge is 0.198 e. The van der Waals surface area contributed by atoms with Gasteiger partial charge in [-0.25, -0.2) is 0 Å². The maximum absolute atomic E-state index is 8.18. The van der Waals surface area contributed by atoms with Gasteiger partial charge in [0.05, 0.1) is 6.07 Å². The third-order valence-corrected chi connectivity index (χ3v) is 1.01. The van der Waals surface area contributed by atoms with Gasteiger partial charge >= 0.3 is 0 Å². The second-order valence-electron chi connectivity index (χ2n) is 1.99. The summed E-state index contributed by atoms with van der Waals surface area (Å²) in [5, 5.41) is 8.18. The molecule has 0 fully saturated rings. The van der Waals surface area contributed by atoms with Crippen LogP contribution in [0, 0.1) is 17.2 Å². The van der Waals surface area contributed by atoms with E-state index in [-0.39, 0.29) is 0 Å². The maximum Gasteiger partial charge on any atom is 0.0624 e. The van der Waals surface area contributed by atoms with Crippen molar-refractivity contribution in [2.24, 2.45) is 5.92 Å². The first-order valence-electron chi connectivity index (χ1n) is 2.79. The zero-order chi connectivity index (χ0) is 6.41. The molecule has 44 valence electrons. The Balaban J connectivity index is 3.20. The van der Waals surface area contributed by atoms with Crippen LogP contribution in [0.2, 0.25) is 0 Å². The molecule has 1 unspecified atom stereocenters. The summed E-state index contributed by atoms with van der Waals surface area (Å²) in [6, 6.07) is 2.10. The van der Waals surface area contributed by atoms with Gasteiger partial charge < -0.3 is 0 Å². The van der Waals surface area contributed by atoms with Crippen molar-refractivity contribution in [1.82, 2.24) is 0 Å². The number of rotatable bonds is 3. The topological polar surface area (TPSA) is 23.8 Å². The molecule has 0 heterocycles. The zero-order valence-electron chi connectivity index (χ0n) is 5.22. The highest BCUT2D eigenvalue weighted by atomic mass is 14.2. The average Bonchev–Trinajstić information content (AvgIpc) is 1.68. The molecule has 1 heteroatoms. The summed E-state index contributed by atoms with van der Waals surface area (Å²) in [5.74, 6) is 0.484. The third kappa shape index (κ3) is 3.42. The summed E-state index contributed by atoms with van der Waals surface area (Å²) >= 11 is 0. The Labute approximate surface area is 50.6 Å². The van der Waals surface area contributed by atoms with Crippen LogP contribution < -0.4 is 0 Å². The molecule has 0 aromatic heterocycles. The monoisotopic (exact) mass is 109 g/mol. The molecule has 1 atom stereocenters. The quantitative estimate of drug-likeness (QED) is 0.509. The molecule has 0 amide bonds. The van der Waals surface area contributed by atoms with Crippen molar-refractivity contribution in [3.63, 3.8) is 0 Å². The Morgan fingerprint density at radius 3 is 2.88 bits per heavy atom. The van der Waals surface area contributed by atoms with Crippen molar-refractivity contribution in [3.8, 4) is 6.07 Å². The van der Waals surface area contributed by atoms with E-state index in [1.54, 1.807) is 0 Å². The van der Waals surface area contributed by atoms with Crippen LogP contribution in [0.4, 0.5) is 0 Å². The number of nitriles is 1. The Kier molecular flexibility index (Phi) is 3.97. The molecule has 0 saturated heterocycles. The van der Waals surface area contributed by atoms with E-state index in [1.165, 1.54) is 0 Å². The van der Waals surface area contributed by atoms with Gasteiger partial charge in [-0.05, 0) is 12.3 Å². The SMILES string of the molecule is C=CCC(C)CC#N. The predicted molar refractivity (Wildman–Crippen MR) is 34.2 cm³/mol. The fraction of sp³-hybridized carbons (Fsp3) is 0.571. The maximum atomic E-state index is 8.18. The number of nitrogens with zero attached hydrogens (tertiary/aromatic N) is 1. The molecule has 8 heavy (non-hydrogen) atoms. The molecule has 0 saturated carbocycles. The average molecular weight is 109 g/mol. The van der Waals surface area contributed by atoms with Crippen LogP contribution in [0.5, 0.6) is 0 Å². The summed E-state index contributed by atoms with van der Waals surface area (Å²) in [6.07, 6.45) is 3.45. The van der Waals surface area contributed by atoms with Crippen LogP contribution in [0.15, 0.2) is 12.7 Å². The lowest BCUT2D eigenvalue weighted by Crippen LogP contribution is -1.88. The van der Waals surface area contributed by atoms with E-state index in [4.69, 9.17) is 5.26 Å². The van der Waals surface area contributed by atoms with E-state index < -0.39 is 0 Å². The van der Waals surface area contributed by atoms with Crippen LogP contribution in [0.1, 0.15) is 19.8 Å². The van der Waals surface area contributed by atoms with Gasteiger partial charge in [-0.2, -0.15) is 5.26 Å². The van der Waals surface area contributed by atoms with E-state index in [0.717, 1.165) is 6.42 Å². The number of hydrogen-bond donors (Lipinski definition) is 0. The van der Waals surface area contributed by atoms with Gasteiger partial charge in [0.25, 0.3) is 0 Å². The lowest BCUT2D eigenvalue weighted by Gasteiger charge is -1.98. The van der Waals surface area contributed by atoms with Crippen LogP contribution in [0.25, 0.3) is 0 Å². The van der Waals surface area contributed by atoms with E-state index in [1.807, 2.05) is 13.0 Å². The summed E-state index contributed by atoms with van der Waals surface area (Å²) < 4.78 is 0. The van der Waals surface area contributed by atoms with Gasteiger partial charge in [-0.3, -0.25) is 0 Å². The van der Waals surface area contributed by atoms with Crippen LogP contribution in [-0.2, 0) is 0 Å². The minimum Gasteiger partial charge on any atom is -0.198 e. The van der Waals surface area contributed by atoms with E-state index in [9.17, 15) is 0 Å². The molecule has 0 aliphatic rings. The van der Waals surface area contributed by atoms with Crippen molar-refractivity contribution >= 4 is 0 Å². The number of allylic oxidation sites excluding steroid dienone is 1. The minimum atomic E-state index is 0.484. The standard InChI is InChI=1S/C7H11N/c1-3-4-7(2)5-6-8/h3,7H,1,4-5H2,2H3. The zero-order valence-corrected chi connectivity index (χ0v) is 5.22. The van der Waals surface area contributed by atoms with Crippen LogP contribution in [-0.4, -0.2) is 0 Å². The Morgan fingerprint density at radius 2 is 2.50 bits per heavy atom. The molecule has 0 aliphatic heterocycles. The third-order valence-electron chi connectivity index (χ3n) is 1.01.